The highest BCUT2D eigenvalue weighted by molar-refractivity contribution is 7.07. The predicted octanol–water partition coefficient (Wildman–Crippen LogP) is 3.44. The van der Waals surface area contributed by atoms with E-state index in [1.54, 1.807) is 11.3 Å². The van der Waals surface area contributed by atoms with Crippen LogP contribution in [0.4, 0.5) is 0 Å². The Kier molecular flexibility index (Phi) is 3.81. The molecule has 15 heavy (non-hydrogen) atoms. The Hall–Kier alpha value is -0.340. The van der Waals surface area contributed by atoms with Gasteiger partial charge < -0.3 is 5.73 Å². The molecule has 1 heterocycles. The molecule has 1 saturated carbocycles. The van der Waals surface area contributed by atoms with Crippen molar-refractivity contribution in [3.8, 4) is 0 Å². The first-order valence-corrected chi connectivity index (χ1v) is 7.00. The zero-order valence-electron chi connectivity index (χ0n) is 9.49. The number of hydrogen-bond acceptors (Lipinski definition) is 2. The van der Waals surface area contributed by atoms with Crippen molar-refractivity contribution in [2.45, 2.75) is 45.1 Å². The Morgan fingerprint density at radius 1 is 1.53 bits per heavy atom. The number of hydrogen-bond donors (Lipinski definition) is 1. The second-order valence-electron chi connectivity index (χ2n) is 4.85. The fraction of sp³-hybridized carbons (Fsp3) is 0.692. The van der Waals surface area contributed by atoms with Crippen molar-refractivity contribution in [1.29, 1.82) is 0 Å². The Balaban J connectivity index is 1.84. The monoisotopic (exact) mass is 223 g/mol. The van der Waals surface area contributed by atoms with E-state index in [0.29, 0.717) is 6.04 Å². The first-order chi connectivity index (χ1) is 7.29. The van der Waals surface area contributed by atoms with Crippen LogP contribution in [0.25, 0.3) is 0 Å². The van der Waals surface area contributed by atoms with Crippen LogP contribution in [0.1, 0.15) is 38.2 Å². The van der Waals surface area contributed by atoms with Crippen LogP contribution >= 0.6 is 11.3 Å². The van der Waals surface area contributed by atoms with Crippen LogP contribution in [0.15, 0.2) is 16.8 Å². The standard InChI is InChI=1S/C13H21NS/c1-2-10-3-4-12(7-10)13(14)8-11-5-6-15-9-11/h5-6,9-10,12-13H,2-4,7-8,14H2,1H3. The average Bonchev–Trinajstić information content (AvgIpc) is 2.86. The molecule has 0 aromatic carbocycles. The summed E-state index contributed by atoms with van der Waals surface area (Å²) in [5, 5.41) is 4.37. The first kappa shape index (κ1) is 11.2. The Morgan fingerprint density at radius 2 is 2.40 bits per heavy atom. The summed E-state index contributed by atoms with van der Waals surface area (Å²) >= 11 is 1.77. The molecule has 1 fully saturated rings. The molecule has 2 heteroatoms. The van der Waals surface area contributed by atoms with E-state index in [1.165, 1.54) is 31.2 Å². The molecular formula is C13H21NS. The van der Waals surface area contributed by atoms with Crippen LogP contribution in [0.5, 0.6) is 0 Å². The molecular weight excluding hydrogens is 202 g/mol. The van der Waals surface area contributed by atoms with E-state index < -0.39 is 0 Å². The highest BCUT2D eigenvalue weighted by Gasteiger charge is 2.27. The molecule has 1 aliphatic carbocycles. The molecule has 0 amide bonds. The lowest BCUT2D eigenvalue weighted by Crippen LogP contribution is -2.30. The molecule has 1 aromatic heterocycles. The van der Waals surface area contributed by atoms with Crippen LogP contribution in [0, 0.1) is 11.8 Å². The summed E-state index contributed by atoms with van der Waals surface area (Å²) in [5.74, 6) is 1.72. The molecule has 2 N–H and O–H groups in total. The van der Waals surface area contributed by atoms with Gasteiger partial charge in [0.2, 0.25) is 0 Å². The van der Waals surface area contributed by atoms with Gasteiger partial charge in [-0.15, -0.1) is 0 Å². The third-order valence-electron chi connectivity index (χ3n) is 3.82. The molecule has 2 rings (SSSR count). The van der Waals surface area contributed by atoms with E-state index in [1.807, 2.05) is 0 Å². The van der Waals surface area contributed by atoms with Gasteiger partial charge in [-0.05, 0) is 53.5 Å². The van der Waals surface area contributed by atoms with Crippen molar-refractivity contribution < 1.29 is 0 Å². The summed E-state index contributed by atoms with van der Waals surface area (Å²) < 4.78 is 0. The van der Waals surface area contributed by atoms with Crippen LogP contribution in [0.3, 0.4) is 0 Å². The fourth-order valence-electron chi connectivity index (χ4n) is 2.72. The fourth-order valence-corrected chi connectivity index (χ4v) is 3.40. The van der Waals surface area contributed by atoms with Gasteiger partial charge in [0.15, 0.2) is 0 Å². The summed E-state index contributed by atoms with van der Waals surface area (Å²) in [5.41, 5.74) is 7.72. The van der Waals surface area contributed by atoms with Gasteiger partial charge in [0, 0.05) is 6.04 Å². The minimum Gasteiger partial charge on any atom is -0.327 e. The number of thiophene rings is 1. The maximum atomic E-state index is 6.29. The van der Waals surface area contributed by atoms with Crippen molar-refractivity contribution >= 4 is 11.3 Å². The van der Waals surface area contributed by atoms with Gasteiger partial charge in [0.1, 0.15) is 0 Å². The van der Waals surface area contributed by atoms with Crippen molar-refractivity contribution in [3.63, 3.8) is 0 Å². The molecule has 1 aliphatic rings. The van der Waals surface area contributed by atoms with Crippen LogP contribution < -0.4 is 5.73 Å². The lowest BCUT2D eigenvalue weighted by molar-refractivity contribution is 0.405. The van der Waals surface area contributed by atoms with Gasteiger partial charge in [-0.25, -0.2) is 0 Å². The van der Waals surface area contributed by atoms with Gasteiger partial charge in [-0.1, -0.05) is 19.8 Å². The SMILES string of the molecule is CCC1CCC(C(N)Cc2ccsc2)C1. The van der Waals surface area contributed by atoms with Crippen LogP contribution in [0.2, 0.25) is 0 Å². The van der Waals surface area contributed by atoms with E-state index in [9.17, 15) is 0 Å². The third-order valence-corrected chi connectivity index (χ3v) is 4.55. The molecule has 1 nitrogen and oxygen atoms in total. The average molecular weight is 223 g/mol. The molecule has 0 radical (unpaired) electrons. The molecule has 0 saturated heterocycles. The zero-order chi connectivity index (χ0) is 10.7. The lowest BCUT2D eigenvalue weighted by atomic mass is 9.92. The lowest BCUT2D eigenvalue weighted by Gasteiger charge is -2.18. The largest absolute Gasteiger partial charge is 0.327 e. The predicted molar refractivity (Wildman–Crippen MR) is 67.1 cm³/mol. The van der Waals surface area contributed by atoms with Gasteiger partial charge in [0.05, 0.1) is 0 Å². The van der Waals surface area contributed by atoms with Gasteiger partial charge in [-0.3, -0.25) is 0 Å². The van der Waals surface area contributed by atoms with E-state index >= 15 is 0 Å². The molecule has 3 atom stereocenters. The highest BCUT2D eigenvalue weighted by Crippen LogP contribution is 2.35. The Morgan fingerprint density at radius 3 is 3.00 bits per heavy atom. The highest BCUT2D eigenvalue weighted by atomic mass is 32.1. The van der Waals surface area contributed by atoms with Gasteiger partial charge >= 0.3 is 0 Å². The van der Waals surface area contributed by atoms with Crippen molar-refractivity contribution in [3.05, 3.63) is 22.4 Å². The number of rotatable bonds is 4. The molecule has 0 aliphatic heterocycles. The summed E-state index contributed by atoms with van der Waals surface area (Å²) in [6.45, 7) is 2.30. The molecule has 1 aromatic rings. The topological polar surface area (TPSA) is 26.0 Å². The summed E-state index contributed by atoms with van der Waals surface area (Å²) in [6, 6.07) is 2.59. The Labute approximate surface area is 96.7 Å². The van der Waals surface area contributed by atoms with Crippen molar-refractivity contribution in [2.24, 2.45) is 17.6 Å². The minimum atomic E-state index is 0.385. The molecule has 0 spiro atoms. The Bertz CT molecular complexity index is 281. The quantitative estimate of drug-likeness (QED) is 0.831. The maximum Gasteiger partial charge on any atom is 0.0108 e. The smallest absolute Gasteiger partial charge is 0.0108 e. The maximum absolute atomic E-state index is 6.29. The normalized spacial score (nSPS) is 28.1. The second-order valence-corrected chi connectivity index (χ2v) is 5.63. The third kappa shape index (κ3) is 2.82. The second kappa shape index (κ2) is 5.13. The zero-order valence-corrected chi connectivity index (χ0v) is 10.3. The van der Waals surface area contributed by atoms with E-state index in [2.05, 4.69) is 23.8 Å². The van der Waals surface area contributed by atoms with Gasteiger partial charge in [-0.2, -0.15) is 11.3 Å². The summed E-state index contributed by atoms with van der Waals surface area (Å²) in [6.07, 6.45) is 6.52. The van der Waals surface area contributed by atoms with Gasteiger partial charge in [0.25, 0.3) is 0 Å². The van der Waals surface area contributed by atoms with Crippen LogP contribution in [-0.4, -0.2) is 6.04 Å². The minimum absolute atomic E-state index is 0.385. The van der Waals surface area contributed by atoms with Crippen molar-refractivity contribution in [1.82, 2.24) is 0 Å². The first-order valence-electron chi connectivity index (χ1n) is 6.06. The molecule has 3 unspecified atom stereocenters. The summed E-state index contributed by atoms with van der Waals surface area (Å²) in [7, 11) is 0. The summed E-state index contributed by atoms with van der Waals surface area (Å²) in [4.78, 5) is 0. The van der Waals surface area contributed by atoms with Crippen molar-refractivity contribution in [2.75, 3.05) is 0 Å². The van der Waals surface area contributed by atoms with E-state index in [0.717, 1.165) is 18.3 Å². The van der Waals surface area contributed by atoms with Crippen LogP contribution in [-0.2, 0) is 6.42 Å². The van der Waals surface area contributed by atoms with E-state index in [-0.39, 0.29) is 0 Å². The van der Waals surface area contributed by atoms with E-state index in [4.69, 9.17) is 5.73 Å². The number of nitrogens with two attached hydrogens (primary N) is 1. The molecule has 84 valence electrons. The molecule has 0 bridgehead atoms.